The molecule has 2 N–H and O–H groups in total. The van der Waals surface area contributed by atoms with Gasteiger partial charge in [-0.25, -0.2) is 14.4 Å². The van der Waals surface area contributed by atoms with Gasteiger partial charge in [-0.1, -0.05) is 6.07 Å². The molecular weight excluding hydrogens is 297 g/mol. The van der Waals surface area contributed by atoms with Crippen LogP contribution in [0.1, 0.15) is 16.8 Å². The van der Waals surface area contributed by atoms with Crippen molar-refractivity contribution in [2.45, 2.75) is 6.42 Å². The molecule has 0 aliphatic carbocycles. The lowest BCUT2D eigenvalue weighted by atomic mass is 10.2. The molecule has 0 saturated carbocycles. The lowest BCUT2D eigenvalue weighted by molar-refractivity contribution is 0.102. The van der Waals surface area contributed by atoms with Crippen molar-refractivity contribution >= 4 is 17.5 Å². The second-order valence-corrected chi connectivity index (χ2v) is 5.34. The van der Waals surface area contributed by atoms with Crippen molar-refractivity contribution < 1.29 is 9.18 Å². The van der Waals surface area contributed by atoms with Crippen molar-refractivity contribution in [3.63, 3.8) is 0 Å². The molecule has 23 heavy (non-hydrogen) atoms. The predicted molar refractivity (Wildman–Crippen MR) is 88.0 cm³/mol. The van der Waals surface area contributed by atoms with Crippen molar-refractivity contribution in [2.75, 3.05) is 37.8 Å². The Morgan fingerprint density at radius 1 is 1.26 bits per heavy atom. The zero-order valence-corrected chi connectivity index (χ0v) is 13.2. The number of hydrogen-bond donors (Lipinski definition) is 2. The maximum Gasteiger partial charge on any atom is 0.258 e. The van der Waals surface area contributed by atoms with Gasteiger partial charge in [-0.05, 0) is 45.3 Å². The van der Waals surface area contributed by atoms with Crippen molar-refractivity contribution in [2.24, 2.45) is 0 Å². The zero-order chi connectivity index (χ0) is 16.7. The standard InChI is InChI=1S/C16H20FN5O/c1-22(2)8-4-7-18-16-19-10-12(11-20-16)15(23)21-14-6-3-5-13(17)9-14/h3,5-6,9-11H,4,7-8H2,1-2H3,(H,21,23)(H,18,19,20). The van der Waals surface area contributed by atoms with E-state index in [0.29, 0.717) is 17.2 Å². The molecule has 0 atom stereocenters. The molecule has 0 aliphatic rings. The third-order valence-corrected chi connectivity index (χ3v) is 3.06. The second-order valence-electron chi connectivity index (χ2n) is 5.34. The second kappa shape index (κ2) is 8.19. The van der Waals surface area contributed by atoms with Crippen LogP contribution in [0.25, 0.3) is 0 Å². The molecule has 2 rings (SSSR count). The molecule has 0 unspecified atom stereocenters. The van der Waals surface area contributed by atoms with Crippen LogP contribution >= 0.6 is 0 Å². The first-order valence-electron chi connectivity index (χ1n) is 7.32. The van der Waals surface area contributed by atoms with Gasteiger partial charge in [-0.3, -0.25) is 4.79 Å². The van der Waals surface area contributed by atoms with E-state index in [2.05, 4.69) is 25.5 Å². The van der Waals surface area contributed by atoms with Crippen molar-refractivity contribution in [3.05, 3.63) is 48.0 Å². The van der Waals surface area contributed by atoms with Crippen LogP contribution in [-0.4, -0.2) is 48.0 Å². The summed E-state index contributed by atoms with van der Waals surface area (Å²) >= 11 is 0. The molecule has 7 heteroatoms. The van der Waals surface area contributed by atoms with Gasteiger partial charge in [0.1, 0.15) is 5.82 Å². The van der Waals surface area contributed by atoms with Crippen LogP contribution in [0.5, 0.6) is 0 Å². The summed E-state index contributed by atoms with van der Waals surface area (Å²) in [5.41, 5.74) is 0.703. The van der Waals surface area contributed by atoms with Crippen molar-refractivity contribution in [1.29, 1.82) is 0 Å². The summed E-state index contributed by atoms with van der Waals surface area (Å²) in [7, 11) is 4.03. The molecule has 0 bridgehead atoms. The van der Waals surface area contributed by atoms with E-state index in [9.17, 15) is 9.18 Å². The third-order valence-electron chi connectivity index (χ3n) is 3.06. The minimum absolute atomic E-state index is 0.313. The molecule has 0 spiro atoms. The molecule has 0 radical (unpaired) electrons. The van der Waals surface area contributed by atoms with Gasteiger partial charge in [0.15, 0.2) is 0 Å². The Hall–Kier alpha value is -2.54. The summed E-state index contributed by atoms with van der Waals surface area (Å²) in [5.74, 6) is -0.308. The first-order valence-corrected chi connectivity index (χ1v) is 7.32. The highest BCUT2D eigenvalue weighted by Gasteiger charge is 2.08. The van der Waals surface area contributed by atoms with E-state index in [1.807, 2.05) is 14.1 Å². The number of amides is 1. The summed E-state index contributed by atoms with van der Waals surface area (Å²) in [6, 6.07) is 5.71. The molecule has 1 aromatic heterocycles. The van der Waals surface area contributed by atoms with Crippen LogP contribution in [0.4, 0.5) is 16.0 Å². The highest BCUT2D eigenvalue weighted by molar-refractivity contribution is 6.03. The number of nitrogens with zero attached hydrogens (tertiary/aromatic N) is 3. The van der Waals surface area contributed by atoms with Gasteiger partial charge in [0, 0.05) is 24.6 Å². The van der Waals surface area contributed by atoms with E-state index in [1.165, 1.54) is 30.6 Å². The average Bonchev–Trinajstić information content (AvgIpc) is 2.52. The van der Waals surface area contributed by atoms with Crippen LogP contribution < -0.4 is 10.6 Å². The smallest absolute Gasteiger partial charge is 0.258 e. The summed E-state index contributed by atoms with van der Waals surface area (Å²) in [6.07, 6.45) is 3.85. The van der Waals surface area contributed by atoms with E-state index >= 15 is 0 Å². The van der Waals surface area contributed by atoms with Gasteiger partial charge in [0.2, 0.25) is 5.95 Å². The number of carbonyl (C=O) groups excluding carboxylic acids is 1. The minimum Gasteiger partial charge on any atom is -0.354 e. The Balaban J connectivity index is 1.87. The fourth-order valence-corrected chi connectivity index (χ4v) is 1.90. The largest absolute Gasteiger partial charge is 0.354 e. The zero-order valence-electron chi connectivity index (χ0n) is 13.2. The number of rotatable bonds is 7. The fourth-order valence-electron chi connectivity index (χ4n) is 1.90. The van der Waals surface area contributed by atoms with Crippen molar-refractivity contribution in [3.8, 4) is 0 Å². The van der Waals surface area contributed by atoms with Gasteiger partial charge < -0.3 is 15.5 Å². The number of hydrogen-bond acceptors (Lipinski definition) is 5. The number of anilines is 2. The van der Waals surface area contributed by atoms with Gasteiger partial charge in [-0.2, -0.15) is 0 Å². The summed E-state index contributed by atoms with van der Waals surface area (Å²) in [4.78, 5) is 22.3. The Bertz CT molecular complexity index is 645. The molecule has 0 fully saturated rings. The Labute approximate surface area is 134 Å². The highest BCUT2D eigenvalue weighted by Crippen LogP contribution is 2.11. The van der Waals surface area contributed by atoms with Crippen LogP contribution in [0.15, 0.2) is 36.7 Å². The normalized spacial score (nSPS) is 10.6. The van der Waals surface area contributed by atoms with Gasteiger partial charge >= 0.3 is 0 Å². The first kappa shape index (κ1) is 16.8. The summed E-state index contributed by atoms with van der Waals surface area (Å²) < 4.78 is 13.1. The van der Waals surface area contributed by atoms with Crippen LogP contribution in [-0.2, 0) is 0 Å². The van der Waals surface area contributed by atoms with E-state index in [1.54, 1.807) is 6.07 Å². The molecule has 0 aliphatic heterocycles. The monoisotopic (exact) mass is 317 g/mol. The van der Waals surface area contributed by atoms with E-state index in [4.69, 9.17) is 0 Å². The molecule has 2 aromatic rings. The molecule has 1 heterocycles. The number of nitrogens with one attached hydrogen (secondary N) is 2. The van der Waals surface area contributed by atoms with Crippen LogP contribution in [0.3, 0.4) is 0 Å². The quantitative estimate of drug-likeness (QED) is 0.766. The van der Waals surface area contributed by atoms with Gasteiger partial charge in [-0.15, -0.1) is 0 Å². The fraction of sp³-hybridized carbons (Fsp3) is 0.312. The molecule has 6 nitrogen and oxygen atoms in total. The number of halogens is 1. The van der Waals surface area contributed by atoms with E-state index < -0.39 is 5.82 Å². The number of aromatic nitrogens is 2. The Morgan fingerprint density at radius 3 is 2.65 bits per heavy atom. The lowest BCUT2D eigenvalue weighted by Gasteiger charge is -2.10. The minimum atomic E-state index is -0.406. The summed E-state index contributed by atoms with van der Waals surface area (Å²) in [5, 5.41) is 5.69. The third kappa shape index (κ3) is 5.63. The van der Waals surface area contributed by atoms with Crippen molar-refractivity contribution in [1.82, 2.24) is 14.9 Å². The topological polar surface area (TPSA) is 70.2 Å². The van der Waals surface area contributed by atoms with Gasteiger partial charge in [0.25, 0.3) is 5.91 Å². The SMILES string of the molecule is CN(C)CCCNc1ncc(C(=O)Nc2cccc(F)c2)cn1. The maximum absolute atomic E-state index is 13.1. The number of benzene rings is 1. The van der Waals surface area contributed by atoms with E-state index in [0.717, 1.165) is 19.5 Å². The molecule has 0 saturated heterocycles. The maximum atomic E-state index is 13.1. The molecule has 122 valence electrons. The summed E-state index contributed by atoms with van der Waals surface area (Å²) in [6.45, 7) is 1.73. The van der Waals surface area contributed by atoms with Crippen LogP contribution in [0.2, 0.25) is 0 Å². The number of carbonyl (C=O) groups is 1. The van der Waals surface area contributed by atoms with E-state index in [-0.39, 0.29) is 5.91 Å². The lowest BCUT2D eigenvalue weighted by Crippen LogP contribution is -2.17. The molecule has 1 aromatic carbocycles. The van der Waals surface area contributed by atoms with Gasteiger partial charge in [0.05, 0.1) is 5.56 Å². The van der Waals surface area contributed by atoms with Crippen LogP contribution in [0, 0.1) is 5.82 Å². The first-order chi connectivity index (χ1) is 11.0. The molecular formula is C16H20FN5O. The molecule has 1 amide bonds. The predicted octanol–water partition coefficient (Wildman–Crippen LogP) is 2.23. The Kier molecular flexibility index (Phi) is 5.99. The Morgan fingerprint density at radius 2 is 2.00 bits per heavy atom. The average molecular weight is 317 g/mol. The highest BCUT2D eigenvalue weighted by atomic mass is 19.1.